The summed E-state index contributed by atoms with van der Waals surface area (Å²) >= 11 is 3.85. The minimum Gasteiger partial charge on any atom is -0.0836 e. The summed E-state index contributed by atoms with van der Waals surface area (Å²) in [6, 6.07) is 9.10. The van der Waals surface area contributed by atoms with Gasteiger partial charge in [0.15, 0.2) is 0 Å². The number of alkyl halides is 1. The van der Waals surface area contributed by atoms with E-state index in [1.165, 1.54) is 17.5 Å². The molecule has 2 rings (SSSR count). The maximum absolute atomic E-state index is 3.85. The van der Waals surface area contributed by atoms with E-state index in [2.05, 4.69) is 67.9 Å². The van der Waals surface area contributed by atoms with Crippen LogP contribution in [-0.4, -0.2) is 0 Å². The van der Waals surface area contributed by atoms with Crippen molar-refractivity contribution in [2.24, 2.45) is 11.3 Å². The average molecular weight is 281 g/mol. The maximum Gasteiger partial charge on any atom is 0.0428 e. The van der Waals surface area contributed by atoms with Crippen LogP contribution in [0.1, 0.15) is 56.0 Å². The molecule has 2 unspecified atom stereocenters. The highest BCUT2D eigenvalue weighted by atomic mass is 79.9. The normalized spacial score (nSPS) is 24.5. The van der Waals surface area contributed by atoms with Crippen molar-refractivity contribution in [2.45, 2.75) is 44.9 Å². The Morgan fingerprint density at radius 2 is 1.56 bits per heavy atom. The van der Waals surface area contributed by atoms with Crippen LogP contribution in [-0.2, 0) is 0 Å². The summed E-state index contributed by atoms with van der Waals surface area (Å²) < 4.78 is 0. The maximum atomic E-state index is 3.85. The average Bonchev–Trinajstić information content (AvgIpc) is 2.87. The summed E-state index contributed by atoms with van der Waals surface area (Å²) in [5.74, 6) is 1.43. The van der Waals surface area contributed by atoms with Crippen LogP contribution in [0.15, 0.2) is 24.3 Å². The van der Waals surface area contributed by atoms with Gasteiger partial charge in [0.1, 0.15) is 0 Å². The second kappa shape index (κ2) is 4.18. The summed E-state index contributed by atoms with van der Waals surface area (Å²) in [5.41, 5.74) is 3.39. The fourth-order valence-corrected chi connectivity index (χ4v) is 3.51. The monoisotopic (exact) mass is 280 g/mol. The Balaban J connectivity index is 2.10. The van der Waals surface area contributed by atoms with Gasteiger partial charge in [-0.15, -0.1) is 0 Å². The Morgan fingerprint density at radius 3 is 1.94 bits per heavy atom. The fourth-order valence-electron chi connectivity index (χ4n) is 2.30. The van der Waals surface area contributed by atoms with E-state index >= 15 is 0 Å². The van der Waals surface area contributed by atoms with Gasteiger partial charge in [-0.2, -0.15) is 0 Å². The predicted molar refractivity (Wildman–Crippen MR) is 74.1 cm³/mol. The molecule has 1 heteroatoms. The summed E-state index contributed by atoms with van der Waals surface area (Å²) in [5, 5.41) is 0. The van der Waals surface area contributed by atoms with Crippen molar-refractivity contribution < 1.29 is 0 Å². The van der Waals surface area contributed by atoms with Crippen LogP contribution in [0.25, 0.3) is 0 Å². The molecule has 0 bridgehead atoms. The molecule has 1 aliphatic carbocycles. The van der Waals surface area contributed by atoms with E-state index in [9.17, 15) is 0 Å². The second-order valence-corrected chi connectivity index (χ2v) is 7.01. The Morgan fingerprint density at radius 1 is 1.12 bits per heavy atom. The van der Waals surface area contributed by atoms with E-state index in [-0.39, 0.29) is 0 Å². The van der Waals surface area contributed by atoms with Gasteiger partial charge in [0, 0.05) is 4.83 Å². The van der Waals surface area contributed by atoms with Gasteiger partial charge in [-0.1, -0.05) is 67.9 Å². The molecule has 0 spiro atoms. The third-order valence-electron chi connectivity index (χ3n) is 3.86. The molecule has 1 saturated carbocycles. The van der Waals surface area contributed by atoms with Gasteiger partial charge in [0.25, 0.3) is 0 Å². The quantitative estimate of drug-likeness (QED) is 0.660. The SMILES string of the molecule is CC(C)c1ccc(C(Br)C2CC2(C)C)cc1. The highest BCUT2D eigenvalue weighted by molar-refractivity contribution is 9.09. The molecule has 1 aromatic carbocycles. The van der Waals surface area contributed by atoms with Crippen LogP contribution in [0.5, 0.6) is 0 Å². The van der Waals surface area contributed by atoms with E-state index in [0.717, 1.165) is 5.92 Å². The minimum absolute atomic E-state index is 0.531. The highest BCUT2D eigenvalue weighted by Gasteiger charge is 2.49. The first-order valence-electron chi connectivity index (χ1n) is 6.16. The molecule has 88 valence electrons. The molecule has 0 amide bonds. The van der Waals surface area contributed by atoms with Crippen LogP contribution in [0, 0.1) is 11.3 Å². The molecule has 0 heterocycles. The zero-order valence-electron chi connectivity index (χ0n) is 10.6. The zero-order chi connectivity index (χ0) is 11.9. The van der Waals surface area contributed by atoms with Crippen molar-refractivity contribution in [3.05, 3.63) is 35.4 Å². The standard InChI is InChI=1S/C15H21Br/c1-10(2)11-5-7-12(8-6-11)14(16)13-9-15(13,3)4/h5-8,10,13-14H,9H2,1-4H3. The van der Waals surface area contributed by atoms with Crippen LogP contribution in [0.4, 0.5) is 0 Å². The van der Waals surface area contributed by atoms with Crippen LogP contribution >= 0.6 is 15.9 Å². The van der Waals surface area contributed by atoms with Crippen molar-refractivity contribution >= 4 is 15.9 Å². The molecular formula is C15H21Br. The molecule has 16 heavy (non-hydrogen) atoms. The van der Waals surface area contributed by atoms with Gasteiger partial charge < -0.3 is 0 Å². The molecule has 1 aliphatic rings. The van der Waals surface area contributed by atoms with Crippen molar-refractivity contribution in [1.82, 2.24) is 0 Å². The lowest BCUT2D eigenvalue weighted by molar-refractivity contribution is 0.555. The summed E-state index contributed by atoms with van der Waals surface area (Å²) in [6.45, 7) is 9.19. The number of benzene rings is 1. The minimum atomic E-state index is 0.531. The molecule has 1 aromatic rings. The molecular weight excluding hydrogens is 260 g/mol. The number of halogens is 1. The van der Waals surface area contributed by atoms with Crippen molar-refractivity contribution in [3.63, 3.8) is 0 Å². The molecule has 0 aliphatic heterocycles. The molecule has 0 aromatic heterocycles. The topological polar surface area (TPSA) is 0 Å². The molecule has 0 radical (unpaired) electrons. The lowest BCUT2D eigenvalue weighted by Crippen LogP contribution is -1.99. The first-order chi connectivity index (χ1) is 7.42. The first kappa shape index (κ1) is 12.2. The van der Waals surface area contributed by atoms with Gasteiger partial charge in [0.05, 0.1) is 0 Å². The predicted octanol–water partition coefficient (Wildman–Crippen LogP) is 5.29. The Bertz CT molecular complexity index is 362. The Hall–Kier alpha value is -0.300. The lowest BCUT2D eigenvalue weighted by Gasteiger charge is -2.13. The molecule has 2 atom stereocenters. The molecule has 0 saturated heterocycles. The van der Waals surface area contributed by atoms with Crippen molar-refractivity contribution in [3.8, 4) is 0 Å². The highest BCUT2D eigenvalue weighted by Crippen LogP contribution is 2.60. The fraction of sp³-hybridized carbons (Fsp3) is 0.600. The van der Waals surface area contributed by atoms with Gasteiger partial charge in [0.2, 0.25) is 0 Å². The van der Waals surface area contributed by atoms with E-state index in [0.29, 0.717) is 16.2 Å². The first-order valence-corrected chi connectivity index (χ1v) is 7.07. The van der Waals surface area contributed by atoms with E-state index in [1.54, 1.807) is 0 Å². The number of rotatable bonds is 3. The molecule has 0 nitrogen and oxygen atoms in total. The van der Waals surface area contributed by atoms with Crippen LogP contribution < -0.4 is 0 Å². The van der Waals surface area contributed by atoms with Gasteiger partial charge in [-0.3, -0.25) is 0 Å². The van der Waals surface area contributed by atoms with Crippen LogP contribution in [0.2, 0.25) is 0 Å². The largest absolute Gasteiger partial charge is 0.0836 e. The van der Waals surface area contributed by atoms with E-state index in [1.807, 2.05) is 0 Å². The summed E-state index contributed by atoms with van der Waals surface area (Å²) in [7, 11) is 0. The number of hydrogen-bond donors (Lipinski definition) is 0. The van der Waals surface area contributed by atoms with Gasteiger partial charge in [-0.05, 0) is 34.8 Å². The molecule has 0 N–H and O–H groups in total. The summed E-state index contributed by atoms with van der Waals surface area (Å²) in [6.07, 6.45) is 1.34. The third-order valence-corrected chi connectivity index (χ3v) is 5.03. The van der Waals surface area contributed by atoms with Crippen molar-refractivity contribution in [1.29, 1.82) is 0 Å². The lowest BCUT2D eigenvalue weighted by atomic mass is 9.98. The van der Waals surface area contributed by atoms with Gasteiger partial charge in [-0.25, -0.2) is 0 Å². The van der Waals surface area contributed by atoms with E-state index in [4.69, 9.17) is 0 Å². The Kier molecular flexibility index (Phi) is 3.18. The smallest absolute Gasteiger partial charge is 0.0428 e. The number of hydrogen-bond acceptors (Lipinski definition) is 0. The third kappa shape index (κ3) is 2.34. The second-order valence-electron chi connectivity index (χ2n) is 6.02. The Labute approximate surface area is 108 Å². The molecule has 1 fully saturated rings. The van der Waals surface area contributed by atoms with Crippen molar-refractivity contribution in [2.75, 3.05) is 0 Å². The zero-order valence-corrected chi connectivity index (χ0v) is 12.2. The van der Waals surface area contributed by atoms with E-state index < -0.39 is 0 Å². The van der Waals surface area contributed by atoms with Crippen LogP contribution in [0.3, 0.4) is 0 Å². The summed E-state index contributed by atoms with van der Waals surface area (Å²) in [4.78, 5) is 0.531. The van der Waals surface area contributed by atoms with Gasteiger partial charge >= 0.3 is 0 Å².